The number of pyridine rings is 1. The third-order valence-electron chi connectivity index (χ3n) is 4.62. The Kier molecular flexibility index (Phi) is 7.12. The van der Waals surface area contributed by atoms with E-state index in [0.717, 1.165) is 11.1 Å². The quantitative estimate of drug-likeness (QED) is 0.562. The Labute approximate surface area is 174 Å². The van der Waals surface area contributed by atoms with E-state index in [1.54, 1.807) is 36.4 Å². The minimum absolute atomic E-state index is 0.00651. The second kappa shape index (κ2) is 9.96. The highest BCUT2D eigenvalue weighted by molar-refractivity contribution is 5.93. The Hall–Kier alpha value is -3.28. The molecule has 0 aliphatic rings. The number of benzene rings is 2. The molecular formula is C24H24F2N2O2. The Morgan fingerprint density at radius 3 is 1.97 bits per heavy atom. The standard InChI is InChI=1S/C24H24F2N2O2/c1-16(2)30-23-12-7-19(15-28-23)24(29)27-14-13-22(17-3-8-20(25)9-4-17)18-5-10-21(26)11-6-18/h3-12,15-16,22H,13-14H2,1-2H3,(H,27,29). The first-order valence-electron chi connectivity index (χ1n) is 9.84. The van der Waals surface area contributed by atoms with Crippen LogP contribution in [0.4, 0.5) is 8.78 Å². The molecule has 6 heteroatoms. The van der Waals surface area contributed by atoms with Gasteiger partial charge < -0.3 is 10.1 Å². The Balaban J connectivity index is 1.66. The van der Waals surface area contributed by atoms with Gasteiger partial charge in [-0.1, -0.05) is 24.3 Å². The first-order valence-corrected chi connectivity index (χ1v) is 9.84. The highest BCUT2D eigenvalue weighted by Gasteiger charge is 2.16. The van der Waals surface area contributed by atoms with Crippen molar-refractivity contribution in [1.29, 1.82) is 0 Å². The normalized spacial score (nSPS) is 11.0. The molecule has 2 aromatic carbocycles. The monoisotopic (exact) mass is 410 g/mol. The van der Waals surface area contributed by atoms with Crippen molar-refractivity contribution < 1.29 is 18.3 Å². The van der Waals surface area contributed by atoms with E-state index in [0.29, 0.717) is 24.4 Å². The van der Waals surface area contributed by atoms with Crippen molar-refractivity contribution in [3.05, 3.63) is 95.2 Å². The van der Waals surface area contributed by atoms with Crippen LogP contribution in [0.1, 0.15) is 47.7 Å². The van der Waals surface area contributed by atoms with E-state index in [9.17, 15) is 13.6 Å². The molecule has 0 aliphatic carbocycles. The molecule has 1 heterocycles. The lowest BCUT2D eigenvalue weighted by atomic mass is 9.88. The number of hydrogen-bond donors (Lipinski definition) is 1. The summed E-state index contributed by atoms with van der Waals surface area (Å²) in [5, 5.41) is 2.88. The first-order chi connectivity index (χ1) is 14.4. The molecule has 156 valence electrons. The maximum Gasteiger partial charge on any atom is 0.252 e. The van der Waals surface area contributed by atoms with Crippen LogP contribution in [0.2, 0.25) is 0 Å². The second-order valence-corrected chi connectivity index (χ2v) is 7.25. The number of nitrogens with zero attached hydrogens (tertiary/aromatic N) is 1. The number of halogens is 2. The fourth-order valence-corrected chi connectivity index (χ4v) is 3.17. The SMILES string of the molecule is CC(C)Oc1ccc(C(=O)NCCC(c2ccc(F)cc2)c2ccc(F)cc2)cn1. The average molecular weight is 410 g/mol. The fourth-order valence-electron chi connectivity index (χ4n) is 3.17. The summed E-state index contributed by atoms with van der Waals surface area (Å²) in [6.07, 6.45) is 2.06. The Bertz CT molecular complexity index is 911. The minimum Gasteiger partial charge on any atom is -0.475 e. The van der Waals surface area contributed by atoms with Gasteiger partial charge in [0.05, 0.1) is 11.7 Å². The van der Waals surface area contributed by atoms with Gasteiger partial charge in [-0.2, -0.15) is 0 Å². The van der Waals surface area contributed by atoms with Crippen LogP contribution >= 0.6 is 0 Å². The van der Waals surface area contributed by atoms with Gasteiger partial charge in [0.25, 0.3) is 5.91 Å². The number of nitrogens with one attached hydrogen (secondary N) is 1. The predicted molar refractivity (Wildman–Crippen MR) is 112 cm³/mol. The lowest BCUT2D eigenvalue weighted by Gasteiger charge is -2.18. The summed E-state index contributed by atoms with van der Waals surface area (Å²) in [6.45, 7) is 4.20. The van der Waals surface area contributed by atoms with E-state index in [1.165, 1.54) is 30.5 Å². The zero-order valence-electron chi connectivity index (χ0n) is 16.9. The molecule has 0 atom stereocenters. The third-order valence-corrected chi connectivity index (χ3v) is 4.62. The van der Waals surface area contributed by atoms with Gasteiger partial charge in [0.1, 0.15) is 11.6 Å². The van der Waals surface area contributed by atoms with E-state index < -0.39 is 0 Å². The summed E-state index contributed by atoms with van der Waals surface area (Å²) in [5.41, 5.74) is 2.23. The van der Waals surface area contributed by atoms with Crippen LogP contribution in [0.25, 0.3) is 0 Å². The van der Waals surface area contributed by atoms with Gasteiger partial charge in [0, 0.05) is 24.7 Å². The van der Waals surface area contributed by atoms with Crippen LogP contribution in [0, 0.1) is 11.6 Å². The van der Waals surface area contributed by atoms with Crippen molar-refractivity contribution in [1.82, 2.24) is 10.3 Å². The van der Waals surface area contributed by atoms with E-state index in [1.807, 2.05) is 13.8 Å². The average Bonchev–Trinajstić information content (AvgIpc) is 2.73. The van der Waals surface area contributed by atoms with Crippen LogP contribution in [-0.4, -0.2) is 23.5 Å². The number of amides is 1. The summed E-state index contributed by atoms with van der Waals surface area (Å²) in [6, 6.07) is 15.8. The van der Waals surface area contributed by atoms with Crippen molar-refractivity contribution in [2.75, 3.05) is 6.54 Å². The summed E-state index contributed by atoms with van der Waals surface area (Å²) >= 11 is 0. The van der Waals surface area contributed by atoms with Crippen molar-refractivity contribution >= 4 is 5.91 Å². The molecule has 0 fully saturated rings. The number of ether oxygens (including phenoxy) is 1. The first kappa shape index (κ1) is 21.4. The molecule has 1 N–H and O–H groups in total. The predicted octanol–water partition coefficient (Wildman–Crippen LogP) is 5.10. The maximum atomic E-state index is 13.3. The molecule has 30 heavy (non-hydrogen) atoms. The van der Waals surface area contributed by atoms with Crippen LogP contribution < -0.4 is 10.1 Å². The van der Waals surface area contributed by atoms with Crippen LogP contribution in [0.5, 0.6) is 5.88 Å². The molecule has 1 amide bonds. The Morgan fingerprint density at radius 1 is 0.933 bits per heavy atom. The molecule has 3 aromatic rings. The smallest absolute Gasteiger partial charge is 0.252 e. The Morgan fingerprint density at radius 2 is 1.50 bits per heavy atom. The summed E-state index contributed by atoms with van der Waals surface area (Å²) in [4.78, 5) is 16.6. The molecule has 0 aliphatic heterocycles. The molecule has 1 aromatic heterocycles. The zero-order chi connectivity index (χ0) is 21.5. The van der Waals surface area contributed by atoms with Crippen LogP contribution in [0.3, 0.4) is 0 Å². The molecular weight excluding hydrogens is 386 g/mol. The van der Waals surface area contributed by atoms with Crippen molar-refractivity contribution in [3.8, 4) is 5.88 Å². The molecule has 0 saturated carbocycles. The molecule has 4 nitrogen and oxygen atoms in total. The van der Waals surface area contributed by atoms with Gasteiger partial charge in [-0.15, -0.1) is 0 Å². The molecule has 0 spiro atoms. The zero-order valence-corrected chi connectivity index (χ0v) is 16.9. The van der Waals surface area contributed by atoms with Gasteiger partial charge in [0.15, 0.2) is 0 Å². The van der Waals surface area contributed by atoms with E-state index >= 15 is 0 Å². The minimum atomic E-state index is -0.317. The largest absolute Gasteiger partial charge is 0.475 e. The molecule has 3 rings (SSSR count). The van der Waals surface area contributed by atoms with Gasteiger partial charge in [-0.25, -0.2) is 13.8 Å². The van der Waals surface area contributed by atoms with E-state index in [-0.39, 0.29) is 29.6 Å². The van der Waals surface area contributed by atoms with Gasteiger partial charge in [0.2, 0.25) is 5.88 Å². The highest BCUT2D eigenvalue weighted by Crippen LogP contribution is 2.28. The number of carbonyl (C=O) groups is 1. The summed E-state index contributed by atoms with van der Waals surface area (Å²) in [7, 11) is 0. The summed E-state index contributed by atoms with van der Waals surface area (Å²) < 4.78 is 32.1. The van der Waals surface area contributed by atoms with Crippen molar-refractivity contribution in [2.24, 2.45) is 0 Å². The topological polar surface area (TPSA) is 51.2 Å². The van der Waals surface area contributed by atoms with Gasteiger partial charge in [-0.05, 0) is 61.7 Å². The number of rotatable bonds is 8. The third kappa shape index (κ3) is 5.86. The lowest BCUT2D eigenvalue weighted by Crippen LogP contribution is -2.26. The number of aromatic nitrogens is 1. The van der Waals surface area contributed by atoms with Gasteiger partial charge >= 0.3 is 0 Å². The molecule has 0 bridgehead atoms. The maximum absolute atomic E-state index is 13.3. The van der Waals surface area contributed by atoms with Gasteiger partial charge in [-0.3, -0.25) is 4.79 Å². The summed E-state index contributed by atoms with van der Waals surface area (Å²) in [5.74, 6) is -0.513. The molecule has 0 unspecified atom stereocenters. The fraction of sp³-hybridized carbons (Fsp3) is 0.250. The van der Waals surface area contributed by atoms with Crippen LogP contribution in [0.15, 0.2) is 66.9 Å². The second-order valence-electron chi connectivity index (χ2n) is 7.25. The molecule has 0 radical (unpaired) electrons. The molecule has 0 saturated heterocycles. The number of carbonyl (C=O) groups excluding carboxylic acids is 1. The van der Waals surface area contributed by atoms with Crippen molar-refractivity contribution in [3.63, 3.8) is 0 Å². The van der Waals surface area contributed by atoms with E-state index in [4.69, 9.17) is 4.74 Å². The lowest BCUT2D eigenvalue weighted by molar-refractivity contribution is 0.0952. The van der Waals surface area contributed by atoms with E-state index in [2.05, 4.69) is 10.3 Å². The van der Waals surface area contributed by atoms with Crippen LogP contribution in [-0.2, 0) is 0 Å². The van der Waals surface area contributed by atoms with Crippen molar-refractivity contribution in [2.45, 2.75) is 32.3 Å². The highest BCUT2D eigenvalue weighted by atomic mass is 19.1. The number of hydrogen-bond acceptors (Lipinski definition) is 3.